The summed E-state index contributed by atoms with van der Waals surface area (Å²) < 4.78 is 5.55. The van der Waals surface area contributed by atoms with Gasteiger partial charge in [0.05, 0.1) is 5.39 Å². The fourth-order valence-electron chi connectivity index (χ4n) is 2.03. The third kappa shape index (κ3) is 1.35. The van der Waals surface area contributed by atoms with Crippen LogP contribution < -0.4 is 5.43 Å². The molecule has 3 rings (SSSR count). The van der Waals surface area contributed by atoms with Gasteiger partial charge in [-0.05, 0) is 31.2 Å². The Labute approximate surface area is 102 Å². The molecule has 4 heteroatoms. The Bertz CT molecular complexity index is 830. The first-order valence-corrected chi connectivity index (χ1v) is 5.46. The minimum Gasteiger partial charge on any atom is -0.504 e. The summed E-state index contributed by atoms with van der Waals surface area (Å²) in [5.41, 5.74) is 1.30. The first-order chi connectivity index (χ1) is 8.58. The van der Waals surface area contributed by atoms with E-state index in [0.29, 0.717) is 11.0 Å². The van der Waals surface area contributed by atoms with Crippen LogP contribution in [0.15, 0.2) is 39.5 Å². The lowest BCUT2D eigenvalue weighted by Crippen LogP contribution is -2.02. The molecule has 3 aromatic rings. The maximum Gasteiger partial charge on any atom is 0.204 e. The van der Waals surface area contributed by atoms with Gasteiger partial charge in [-0.2, -0.15) is 0 Å². The molecule has 0 atom stereocenters. The molecule has 0 aliphatic carbocycles. The van der Waals surface area contributed by atoms with Crippen molar-refractivity contribution < 1.29 is 14.6 Å². The number of fused-ring (bicyclic) bond motifs is 2. The molecule has 2 N–H and O–H groups in total. The Hall–Kier alpha value is -2.49. The molecular weight excluding hydrogens is 232 g/mol. The van der Waals surface area contributed by atoms with Gasteiger partial charge in [0.25, 0.3) is 0 Å². The maximum absolute atomic E-state index is 12.3. The van der Waals surface area contributed by atoms with Crippen molar-refractivity contribution in [3.63, 3.8) is 0 Å². The van der Waals surface area contributed by atoms with Crippen LogP contribution in [0.5, 0.6) is 11.5 Å². The van der Waals surface area contributed by atoms with Gasteiger partial charge in [0.15, 0.2) is 11.5 Å². The van der Waals surface area contributed by atoms with Crippen LogP contribution in [0, 0.1) is 6.92 Å². The molecule has 2 aromatic carbocycles. The number of hydrogen-bond acceptors (Lipinski definition) is 4. The Kier molecular flexibility index (Phi) is 2.07. The van der Waals surface area contributed by atoms with E-state index in [-0.39, 0.29) is 22.1 Å². The van der Waals surface area contributed by atoms with E-state index in [1.165, 1.54) is 12.1 Å². The van der Waals surface area contributed by atoms with Gasteiger partial charge in [-0.3, -0.25) is 4.79 Å². The van der Waals surface area contributed by atoms with Crippen molar-refractivity contribution in [2.75, 3.05) is 0 Å². The molecular formula is C14H10O4. The van der Waals surface area contributed by atoms with E-state index in [1.54, 1.807) is 12.1 Å². The quantitative estimate of drug-likeness (QED) is 0.469. The van der Waals surface area contributed by atoms with Gasteiger partial charge >= 0.3 is 0 Å². The van der Waals surface area contributed by atoms with E-state index >= 15 is 0 Å². The number of phenolic OH excluding ortho intramolecular Hbond substituents is 2. The summed E-state index contributed by atoms with van der Waals surface area (Å²) in [7, 11) is 0. The molecule has 0 spiro atoms. The lowest BCUT2D eigenvalue weighted by Gasteiger charge is -2.04. The largest absolute Gasteiger partial charge is 0.504 e. The zero-order valence-electron chi connectivity index (χ0n) is 9.60. The molecule has 0 unspecified atom stereocenters. The Balaban J connectivity index is 2.62. The van der Waals surface area contributed by atoms with Crippen LogP contribution in [-0.2, 0) is 0 Å². The van der Waals surface area contributed by atoms with Gasteiger partial charge in [-0.25, -0.2) is 0 Å². The molecule has 0 saturated heterocycles. The third-order valence-corrected chi connectivity index (χ3v) is 2.95. The molecule has 1 aromatic heterocycles. The van der Waals surface area contributed by atoms with Crippen LogP contribution in [-0.4, -0.2) is 10.2 Å². The summed E-state index contributed by atoms with van der Waals surface area (Å²) in [4.78, 5) is 12.3. The number of hydrogen-bond donors (Lipinski definition) is 2. The number of rotatable bonds is 0. The average molecular weight is 242 g/mol. The Morgan fingerprint density at radius 3 is 2.56 bits per heavy atom. The van der Waals surface area contributed by atoms with Gasteiger partial charge in [0.1, 0.15) is 16.6 Å². The second-order valence-corrected chi connectivity index (χ2v) is 4.24. The monoisotopic (exact) mass is 242 g/mol. The fraction of sp³-hybridized carbons (Fsp3) is 0.0714. The van der Waals surface area contributed by atoms with Gasteiger partial charge < -0.3 is 14.6 Å². The van der Waals surface area contributed by atoms with Crippen molar-refractivity contribution in [2.24, 2.45) is 0 Å². The lowest BCUT2D eigenvalue weighted by molar-refractivity contribution is 0.407. The number of benzene rings is 2. The van der Waals surface area contributed by atoms with Crippen molar-refractivity contribution >= 4 is 21.9 Å². The third-order valence-electron chi connectivity index (χ3n) is 2.95. The van der Waals surface area contributed by atoms with Crippen molar-refractivity contribution in [3.8, 4) is 11.5 Å². The van der Waals surface area contributed by atoms with Gasteiger partial charge in [-0.15, -0.1) is 0 Å². The smallest absolute Gasteiger partial charge is 0.204 e. The van der Waals surface area contributed by atoms with E-state index in [4.69, 9.17) is 4.42 Å². The minimum absolute atomic E-state index is 0.00750. The topological polar surface area (TPSA) is 70.7 Å². The average Bonchev–Trinajstić information content (AvgIpc) is 2.35. The molecule has 1 heterocycles. The molecule has 0 bridgehead atoms. The Morgan fingerprint density at radius 1 is 1.06 bits per heavy atom. The zero-order valence-corrected chi connectivity index (χ0v) is 9.60. The summed E-state index contributed by atoms with van der Waals surface area (Å²) in [6, 6.07) is 8.02. The Morgan fingerprint density at radius 2 is 1.78 bits per heavy atom. The standard InChI is InChI=1S/C14H10O4/c1-7-2-4-10-8(6-7)13(16)12-11(18-10)5-3-9(15)14(12)17/h2-6,15,17H,1H3. The maximum atomic E-state index is 12.3. The fourth-order valence-corrected chi connectivity index (χ4v) is 2.03. The zero-order chi connectivity index (χ0) is 12.9. The summed E-state index contributed by atoms with van der Waals surface area (Å²) in [6.45, 7) is 1.87. The van der Waals surface area contributed by atoms with Crippen LogP contribution in [0.25, 0.3) is 21.9 Å². The highest BCUT2D eigenvalue weighted by molar-refractivity contribution is 5.94. The molecule has 0 saturated carbocycles. The van der Waals surface area contributed by atoms with Crippen LogP contribution >= 0.6 is 0 Å². The molecule has 0 radical (unpaired) electrons. The molecule has 4 nitrogen and oxygen atoms in total. The van der Waals surface area contributed by atoms with Crippen molar-refractivity contribution in [1.82, 2.24) is 0 Å². The van der Waals surface area contributed by atoms with Crippen LogP contribution in [0.4, 0.5) is 0 Å². The number of aromatic hydroxyl groups is 2. The first kappa shape index (κ1) is 10.7. The van der Waals surface area contributed by atoms with Gasteiger partial charge in [0.2, 0.25) is 5.43 Å². The van der Waals surface area contributed by atoms with Crippen LogP contribution in [0.3, 0.4) is 0 Å². The predicted molar refractivity (Wildman–Crippen MR) is 68.1 cm³/mol. The molecule has 0 aliphatic rings. The SMILES string of the molecule is Cc1ccc2oc3ccc(O)c(O)c3c(=O)c2c1. The second-order valence-electron chi connectivity index (χ2n) is 4.24. The minimum atomic E-state index is -0.440. The van der Waals surface area contributed by atoms with E-state index in [0.717, 1.165) is 5.56 Å². The first-order valence-electron chi connectivity index (χ1n) is 5.46. The summed E-state index contributed by atoms with van der Waals surface area (Å²) in [5, 5.41) is 19.6. The molecule has 90 valence electrons. The lowest BCUT2D eigenvalue weighted by atomic mass is 10.1. The van der Waals surface area contributed by atoms with E-state index in [2.05, 4.69) is 0 Å². The normalized spacial score (nSPS) is 11.2. The molecule has 0 amide bonds. The highest BCUT2D eigenvalue weighted by atomic mass is 16.3. The van der Waals surface area contributed by atoms with Crippen molar-refractivity contribution in [2.45, 2.75) is 6.92 Å². The highest BCUT2D eigenvalue weighted by Gasteiger charge is 2.14. The van der Waals surface area contributed by atoms with Gasteiger partial charge in [-0.1, -0.05) is 11.6 Å². The summed E-state index contributed by atoms with van der Waals surface area (Å²) >= 11 is 0. The summed E-state index contributed by atoms with van der Waals surface area (Å²) in [6.07, 6.45) is 0. The predicted octanol–water partition coefficient (Wildman–Crippen LogP) is 2.67. The van der Waals surface area contributed by atoms with E-state index in [1.807, 2.05) is 13.0 Å². The molecule has 18 heavy (non-hydrogen) atoms. The van der Waals surface area contributed by atoms with Gasteiger partial charge in [0, 0.05) is 0 Å². The summed E-state index contributed by atoms with van der Waals surface area (Å²) in [5.74, 6) is -0.772. The van der Waals surface area contributed by atoms with Crippen molar-refractivity contribution in [1.29, 1.82) is 0 Å². The van der Waals surface area contributed by atoms with E-state index < -0.39 is 5.75 Å². The van der Waals surface area contributed by atoms with E-state index in [9.17, 15) is 15.0 Å². The number of aryl methyl sites for hydroxylation is 1. The molecule has 0 aliphatic heterocycles. The molecule has 0 fully saturated rings. The highest BCUT2D eigenvalue weighted by Crippen LogP contribution is 2.32. The second kappa shape index (κ2) is 3.50. The van der Waals surface area contributed by atoms with Crippen LogP contribution in [0.2, 0.25) is 0 Å². The number of phenols is 2. The van der Waals surface area contributed by atoms with Crippen molar-refractivity contribution in [3.05, 3.63) is 46.1 Å². The van der Waals surface area contributed by atoms with Crippen LogP contribution in [0.1, 0.15) is 5.56 Å².